The number of hydrogen-bond acceptors (Lipinski definition) is 4. The van der Waals surface area contributed by atoms with Crippen molar-refractivity contribution in [2.75, 3.05) is 58.3 Å². The predicted octanol–water partition coefficient (Wildman–Crippen LogP) is 2.26. The summed E-state index contributed by atoms with van der Waals surface area (Å²) in [4.78, 5) is 16.1. The number of guanidine groups is 1. The van der Waals surface area contributed by atoms with Crippen molar-refractivity contribution in [2.45, 2.75) is 26.8 Å². The fraction of sp³-hybridized carbons (Fsp3) is 0.684. The standard InChI is InChI=1S/C19H32N6.HI/c1-19(2)6-8-25(15-19)18(20-3)22-14-16-5-7-21-17(13-16)24-11-9-23(4)10-12-24;/h5,7,13H,6,8-12,14-15H2,1-4H3,(H,20,22);1H. The number of halogens is 1. The van der Waals surface area contributed by atoms with Crippen molar-refractivity contribution in [1.82, 2.24) is 20.1 Å². The maximum absolute atomic E-state index is 4.57. The van der Waals surface area contributed by atoms with E-state index in [2.05, 4.69) is 63.0 Å². The van der Waals surface area contributed by atoms with Gasteiger partial charge in [0, 0.05) is 59.1 Å². The lowest BCUT2D eigenvalue weighted by molar-refractivity contribution is 0.312. The van der Waals surface area contributed by atoms with Crippen molar-refractivity contribution >= 4 is 35.8 Å². The van der Waals surface area contributed by atoms with Crippen molar-refractivity contribution in [3.63, 3.8) is 0 Å². The van der Waals surface area contributed by atoms with Gasteiger partial charge in [-0.2, -0.15) is 0 Å². The van der Waals surface area contributed by atoms with Crippen LogP contribution in [0.2, 0.25) is 0 Å². The first kappa shape index (κ1) is 21.2. The Labute approximate surface area is 175 Å². The van der Waals surface area contributed by atoms with Crippen LogP contribution in [0.15, 0.2) is 23.3 Å². The summed E-state index contributed by atoms with van der Waals surface area (Å²) in [5, 5.41) is 3.52. The predicted molar refractivity (Wildman–Crippen MR) is 120 cm³/mol. The third-order valence-corrected chi connectivity index (χ3v) is 5.28. The van der Waals surface area contributed by atoms with E-state index in [-0.39, 0.29) is 24.0 Å². The number of aliphatic imine (C=N–C) groups is 1. The third kappa shape index (κ3) is 5.45. The molecule has 0 aliphatic carbocycles. The van der Waals surface area contributed by atoms with Gasteiger partial charge in [0.2, 0.25) is 0 Å². The zero-order chi connectivity index (χ0) is 17.9. The summed E-state index contributed by atoms with van der Waals surface area (Å²) in [6, 6.07) is 4.30. The van der Waals surface area contributed by atoms with E-state index in [1.165, 1.54) is 12.0 Å². The molecule has 0 saturated carbocycles. The molecule has 2 saturated heterocycles. The zero-order valence-corrected chi connectivity index (χ0v) is 18.9. The van der Waals surface area contributed by atoms with Gasteiger partial charge in [0.15, 0.2) is 5.96 Å². The number of nitrogens with zero attached hydrogens (tertiary/aromatic N) is 5. The van der Waals surface area contributed by atoms with E-state index < -0.39 is 0 Å². The van der Waals surface area contributed by atoms with Crippen LogP contribution >= 0.6 is 24.0 Å². The van der Waals surface area contributed by atoms with E-state index in [0.717, 1.165) is 57.6 Å². The first-order chi connectivity index (χ1) is 12.0. The van der Waals surface area contributed by atoms with Gasteiger partial charge in [-0.15, -0.1) is 24.0 Å². The summed E-state index contributed by atoms with van der Waals surface area (Å²) in [6.45, 7) is 11.9. The molecule has 0 bridgehead atoms. The van der Waals surface area contributed by atoms with Gasteiger partial charge in [0.25, 0.3) is 0 Å². The average molecular weight is 472 g/mol. The molecule has 2 aliphatic rings. The van der Waals surface area contributed by atoms with Gasteiger partial charge in [-0.05, 0) is 36.6 Å². The molecule has 0 atom stereocenters. The van der Waals surface area contributed by atoms with Crippen molar-refractivity contribution in [1.29, 1.82) is 0 Å². The van der Waals surface area contributed by atoms with E-state index >= 15 is 0 Å². The van der Waals surface area contributed by atoms with E-state index in [1.807, 2.05) is 13.2 Å². The minimum Gasteiger partial charge on any atom is -0.354 e. The lowest BCUT2D eigenvalue weighted by atomic mass is 9.93. The van der Waals surface area contributed by atoms with E-state index in [9.17, 15) is 0 Å². The SMILES string of the molecule is CN=C(NCc1ccnc(N2CCN(C)CC2)c1)N1CCC(C)(C)C1.I. The highest BCUT2D eigenvalue weighted by Gasteiger charge is 2.30. The van der Waals surface area contributed by atoms with Crippen molar-refractivity contribution in [3.8, 4) is 0 Å². The zero-order valence-electron chi connectivity index (χ0n) is 16.5. The second kappa shape index (κ2) is 9.21. The van der Waals surface area contributed by atoms with E-state index in [4.69, 9.17) is 0 Å². The Morgan fingerprint density at radius 3 is 2.58 bits per heavy atom. The van der Waals surface area contributed by atoms with Gasteiger partial charge >= 0.3 is 0 Å². The average Bonchev–Trinajstić information content (AvgIpc) is 2.96. The quantitative estimate of drug-likeness (QED) is 0.416. The van der Waals surface area contributed by atoms with Crippen LogP contribution in [0.1, 0.15) is 25.8 Å². The monoisotopic (exact) mass is 472 g/mol. The summed E-state index contributed by atoms with van der Waals surface area (Å²) >= 11 is 0. The number of likely N-dealkylation sites (tertiary alicyclic amines) is 1. The molecular weight excluding hydrogens is 439 g/mol. The molecule has 0 aromatic carbocycles. The molecule has 6 nitrogen and oxygen atoms in total. The van der Waals surface area contributed by atoms with Gasteiger partial charge in [0.05, 0.1) is 0 Å². The largest absolute Gasteiger partial charge is 0.354 e. The summed E-state index contributed by atoms with van der Waals surface area (Å²) in [6.07, 6.45) is 3.14. The number of anilines is 1. The van der Waals surface area contributed by atoms with Crippen LogP contribution < -0.4 is 10.2 Å². The highest BCUT2D eigenvalue weighted by molar-refractivity contribution is 14.0. The highest BCUT2D eigenvalue weighted by Crippen LogP contribution is 2.28. The molecule has 3 rings (SSSR count). The minimum absolute atomic E-state index is 0. The fourth-order valence-electron chi connectivity index (χ4n) is 3.59. The van der Waals surface area contributed by atoms with E-state index in [0.29, 0.717) is 5.41 Å². The molecule has 7 heteroatoms. The highest BCUT2D eigenvalue weighted by atomic mass is 127. The van der Waals surface area contributed by atoms with Crippen LogP contribution in [0.5, 0.6) is 0 Å². The first-order valence-corrected chi connectivity index (χ1v) is 9.31. The fourth-order valence-corrected chi connectivity index (χ4v) is 3.59. The van der Waals surface area contributed by atoms with Gasteiger partial charge in [-0.3, -0.25) is 4.99 Å². The van der Waals surface area contributed by atoms with Crippen molar-refractivity contribution in [2.24, 2.45) is 10.4 Å². The van der Waals surface area contributed by atoms with E-state index in [1.54, 1.807) is 0 Å². The maximum Gasteiger partial charge on any atom is 0.193 e. The minimum atomic E-state index is 0. The number of aromatic nitrogens is 1. The second-order valence-corrected chi connectivity index (χ2v) is 8.05. The van der Waals surface area contributed by atoms with Gasteiger partial charge < -0.3 is 20.0 Å². The van der Waals surface area contributed by atoms with Crippen molar-refractivity contribution < 1.29 is 0 Å². The Balaban J connectivity index is 0.00000243. The summed E-state index contributed by atoms with van der Waals surface area (Å²) in [5.41, 5.74) is 1.63. The van der Waals surface area contributed by atoms with Gasteiger partial charge in [-0.25, -0.2) is 4.98 Å². The lowest BCUT2D eigenvalue weighted by Crippen LogP contribution is -2.44. The number of rotatable bonds is 3. The Morgan fingerprint density at radius 2 is 1.96 bits per heavy atom. The second-order valence-electron chi connectivity index (χ2n) is 8.05. The molecule has 2 aliphatic heterocycles. The Bertz CT molecular complexity index is 610. The van der Waals surface area contributed by atoms with Crippen molar-refractivity contribution in [3.05, 3.63) is 23.9 Å². The molecule has 3 heterocycles. The molecule has 26 heavy (non-hydrogen) atoms. The smallest absolute Gasteiger partial charge is 0.193 e. The molecule has 1 aromatic rings. The number of hydrogen-bond donors (Lipinski definition) is 1. The summed E-state index contributed by atoms with van der Waals surface area (Å²) in [5.74, 6) is 2.09. The molecule has 0 spiro atoms. The number of nitrogens with one attached hydrogen (secondary N) is 1. The normalized spacial score (nSPS) is 20.8. The number of pyridine rings is 1. The molecule has 0 unspecified atom stereocenters. The third-order valence-electron chi connectivity index (χ3n) is 5.28. The van der Waals surface area contributed by atoms with Crippen LogP contribution in [-0.2, 0) is 6.54 Å². The van der Waals surface area contributed by atoms with Crippen LogP contribution in [-0.4, -0.2) is 74.1 Å². The number of piperazine rings is 1. The molecule has 1 N–H and O–H groups in total. The van der Waals surface area contributed by atoms with Crippen LogP contribution in [0.3, 0.4) is 0 Å². The molecule has 2 fully saturated rings. The Hall–Kier alpha value is -1.09. The van der Waals surface area contributed by atoms with Crippen LogP contribution in [0.25, 0.3) is 0 Å². The topological polar surface area (TPSA) is 47.0 Å². The first-order valence-electron chi connectivity index (χ1n) is 9.31. The van der Waals surface area contributed by atoms with Crippen LogP contribution in [0.4, 0.5) is 5.82 Å². The molecular formula is C19H33IN6. The molecule has 0 radical (unpaired) electrons. The number of likely N-dealkylation sites (N-methyl/N-ethyl adjacent to an activating group) is 1. The molecule has 0 amide bonds. The molecule has 146 valence electrons. The summed E-state index contributed by atoms with van der Waals surface area (Å²) < 4.78 is 0. The Morgan fingerprint density at radius 1 is 1.23 bits per heavy atom. The maximum atomic E-state index is 4.57. The van der Waals surface area contributed by atoms with Gasteiger partial charge in [-0.1, -0.05) is 13.8 Å². The van der Waals surface area contributed by atoms with Crippen LogP contribution in [0, 0.1) is 5.41 Å². The molecule has 1 aromatic heterocycles. The summed E-state index contributed by atoms with van der Waals surface area (Å²) in [7, 11) is 4.05. The van der Waals surface area contributed by atoms with Gasteiger partial charge in [0.1, 0.15) is 5.82 Å². The lowest BCUT2D eigenvalue weighted by Gasteiger charge is -2.33. The Kier molecular flexibility index (Phi) is 7.52.